The number of aryl methyl sites for hydroxylation is 2. The summed E-state index contributed by atoms with van der Waals surface area (Å²) in [6, 6.07) is 15.1. The van der Waals surface area contributed by atoms with E-state index in [2.05, 4.69) is 15.0 Å². The molecule has 2 N–H and O–H groups in total. The van der Waals surface area contributed by atoms with Gasteiger partial charge >= 0.3 is 0 Å². The molecule has 0 atom stereocenters. The van der Waals surface area contributed by atoms with Crippen LogP contribution in [0.3, 0.4) is 0 Å². The Morgan fingerprint density at radius 3 is 2.46 bits per heavy atom. The minimum absolute atomic E-state index is 0.0369. The van der Waals surface area contributed by atoms with Crippen molar-refractivity contribution in [1.82, 2.24) is 9.71 Å². The minimum Gasteiger partial charge on any atom is -0.322 e. The van der Waals surface area contributed by atoms with E-state index in [9.17, 15) is 13.2 Å². The van der Waals surface area contributed by atoms with E-state index in [-0.39, 0.29) is 22.9 Å². The number of carbonyl (C=O) groups excluding carboxylic acids is 1. The lowest BCUT2D eigenvalue weighted by Crippen LogP contribution is -2.23. The molecule has 1 heterocycles. The molecule has 28 heavy (non-hydrogen) atoms. The molecule has 0 unspecified atom stereocenters. The van der Waals surface area contributed by atoms with Crippen LogP contribution in [0.5, 0.6) is 0 Å². The van der Waals surface area contributed by atoms with Crippen LogP contribution >= 0.6 is 0 Å². The summed E-state index contributed by atoms with van der Waals surface area (Å²) < 4.78 is 27.7. The highest BCUT2D eigenvalue weighted by atomic mass is 32.2. The van der Waals surface area contributed by atoms with Gasteiger partial charge in [-0.25, -0.2) is 13.1 Å². The van der Waals surface area contributed by atoms with Crippen LogP contribution in [-0.2, 0) is 16.6 Å². The summed E-state index contributed by atoms with van der Waals surface area (Å²) in [5.74, 6) is -0.363. The van der Waals surface area contributed by atoms with Gasteiger partial charge in [0.25, 0.3) is 5.91 Å². The second-order valence-electron chi connectivity index (χ2n) is 6.48. The van der Waals surface area contributed by atoms with Crippen LogP contribution in [0.4, 0.5) is 5.69 Å². The van der Waals surface area contributed by atoms with Gasteiger partial charge in [0.1, 0.15) is 0 Å². The SMILES string of the molecule is Cc1ccc(NC(=O)c2cccc(S(=O)(=O)NCc3ccncc3)c2)c(C)c1. The van der Waals surface area contributed by atoms with Gasteiger partial charge in [0.2, 0.25) is 10.0 Å². The average molecular weight is 395 g/mol. The van der Waals surface area contributed by atoms with E-state index in [1.165, 1.54) is 12.1 Å². The van der Waals surface area contributed by atoms with Gasteiger partial charge in [0.05, 0.1) is 4.90 Å². The van der Waals surface area contributed by atoms with Gasteiger partial charge in [-0.05, 0) is 61.4 Å². The van der Waals surface area contributed by atoms with Crippen LogP contribution in [0.15, 0.2) is 71.9 Å². The minimum atomic E-state index is -3.75. The molecule has 0 aliphatic carbocycles. The van der Waals surface area contributed by atoms with Gasteiger partial charge in [0.15, 0.2) is 0 Å². The zero-order chi connectivity index (χ0) is 20.1. The highest BCUT2D eigenvalue weighted by Crippen LogP contribution is 2.18. The number of rotatable bonds is 6. The smallest absolute Gasteiger partial charge is 0.255 e. The summed E-state index contributed by atoms with van der Waals surface area (Å²) >= 11 is 0. The standard InChI is InChI=1S/C21H21N3O3S/c1-15-6-7-20(16(2)12-15)24-21(25)18-4-3-5-19(13-18)28(26,27)23-14-17-8-10-22-11-9-17/h3-13,23H,14H2,1-2H3,(H,24,25). The van der Waals surface area contributed by atoms with Crippen LogP contribution in [0.1, 0.15) is 27.0 Å². The Balaban J connectivity index is 1.76. The van der Waals surface area contributed by atoms with Gasteiger partial charge in [-0.15, -0.1) is 0 Å². The molecule has 144 valence electrons. The van der Waals surface area contributed by atoms with Crippen molar-refractivity contribution in [3.63, 3.8) is 0 Å². The van der Waals surface area contributed by atoms with Crippen molar-refractivity contribution in [3.05, 3.63) is 89.2 Å². The third-order valence-corrected chi connectivity index (χ3v) is 5.65. The maximum Gasteiger partial charge on any atom is 0.255 e. The summed E-state index contributed by atoms with van der Waals surface area (Å²) in [5.41, 5.74) is 3.80. The summed E-state index contributed by atoms with van der Waals surface area (Å²) in [5, 5.41) is 2.83. The molecule has 1 aromatic heterocycles. The molecular weight excluding hydrogens is 374 g/mol. The van der Waals surface area contributed by atoms with Crippen LogP contribution < -0.4 is 10.0 Å². The fourth-order valence-corrected chi connectivity index (χ4v) is 3.78. The predicted molar refractivity (Wildman–Crippen MR) is 109 cm³/mol. The number of nitrogens with zero attached hydrogens (tertiary/aromatic N) is 1. The lowest BCUT2D eigenvalue weighted by Gasteiger charge is -2.11. The predicted octanol–water partition coefficient (Wildman–Crippen LogP) is 3.43. The van der Waals surface area contributed by atoms with Crippen molar-refractivity contribution in [2.45, 2.75) is 25.3 Å². The Morgan fingerprint density at radius 1 is 1.00 bits per heavy atom. The molecule has 0 saturated heterocycles. The molecule has 0 saturated carbocycles. The van der Waals surface area contributed by atoms with E-state index in [0.717, 1.165) is 16.7 Å². The Morgan fingerprint density at radius 2 is 1.75 bits per heavy atom. The number of anilines is 1. The van der Waals surface area contributed by atoms with E-state index in [0.29, 0.717) is 5.69 Å². The molecule has 0 bridgehead atoms. The summed E-state index contributed by atoms with van der Waals surface area (Å²) in [4.78, 5) is 16.5. The van der Waals surface area contributed by atoms with E-state index >= 15 is 0 Å². The van der Waals surface area contributed by atoms with Crippen molar-refractivity contribution in [2.75, 3.05) is 5.32 Å². The van der Waals surface area contributed by atoms with Gasteiger partial charge < -0.3 is 5.32 Å². The van der Waals surface area contributed by atoms with Crippen molar-refractivity contribution in [2.24, 2.45) is 0 Å². The van der Waals surface area contributed by atoms with Gasteiger partial charge in [-0.1, -0.05) is 23.8 Å². The maximum absolute atomic E-state index is 12.6. The molecule has 0 aliphatic heterocycles. The van der Waals surface area contributed by atoms with Crippen LogP contribution in [0, 0.1) is 13.8 Å². The number of sulfonamides is 1. The zero-order valence-corrected chi connectivity index (χ0v) is 16.5. The molecule has 0 fully saturated rings. The molecule has 6 nitrogen and oxygen atoms in total. The second-order valence-corrected chi connectivity index (χ2v) is 8.25. The third-order valence-electron chi connectivity index (χ3n) is 4.25. The molecule has 0 aliphatic rings. The second kappa shape index (κ2) is 8.33. The number of aromatic nitrogens is 1. The quantitative estimate of drug-likeness (QED) is 0.669. The number of benzene rings is 2. The van der Waals surface area contributed by atoms with E-state index in [1.807, 2.05) is 32.0 Å². The topological polar surface area (TPSA) is 88.2 Å². The Labute approximate surface area is 164 Å². The summed E-state index contributed by atoms with van der Waals surface area (Å²) in [6.07, 6.45) is 3.20. The monoisotopic (exact) mass is 395 g/mol. The fourth-order valence-electron chi connectivity index (χ4n) is 2.72. The van der Waals surface area contributed by atoms with Crippen LogP contribution in [0.25, 0.3) is 0 Å². The summed E-state index contributed by atoms with van der Waals surface area (Å²) in [7, 11) is -3.75. The molecule has 3 aromatic rings. The first-order chi connectivity index (χ1) is 13.3. The van der Waals surface area contributed by atoms with Crippen molar-refractivity contribution >= 4 is 21.6 Å². The molecule has 0 spiro atoms. The molecule has 1 amide bonds. The number of hydrogen-bond acceptors (Lipinski definition) is 4. The largest absolute Gasteiger partial charge is 0.322 e. The highest BCUT2D eigenvalue weighted by molar-refractivity contribution is 7.89. The van der Waals surface area contributed by atoms with Crippen LogP contribution in [0.2, 0.25) is 0 Å². The van der Waals surface area contributed by atoms with Gasteiger partial charge in [0, 0.05) is 30.2 Å². The number of carbonyl (C=O) groups is 1. The average Bonchev–Trinajstić information content (AvgIpc) is 2.69. The number of hydrogen-bond donors (Lipinski definition) is 2. The number of pyridine rings is 1. The van der Waals surface area contributed by atoms with Gasteiger partial charge in [-0.2, -0.15) is 0 Å². The van der Waals surface area contributed by atoms with Gasteiger partial charge in [-0.3, -0.25) is 9.78 Å². The third kappa shape index (κ3) is 4.82. The lowest BCUT2D eigenvalue weighted by atomic mass is 10.1. The Kier molecular flexibility index (Phi) is 5.87. The highest BCUT2D eigenvalue weighted by Gasteiger charge is 2.16. The normalized spacial score (nSPS) is 11.2. The van der Waals surface area contributed by atoms with E-state index < -0.39 is 10.0 Å². The molecule has 7 heteroatoms. The number of nitrogens with one attached hydrogen (secondary N) is 2. The van der Waals surface area contributed by atoms with Crippen molar-refractivity contribution < 1.29 is 13.2 Å². The zero-order valence-electron chi connectivity index (χ0n) is 15.6. The number of amides is 1. The molecule has 0 radical (unpaired) electrons. The van der Waals surface area contributed by atoms with E-state index in [4.69, 9.17) is 0 Å². The van der Waals surface area contributed by atoms with E-state index in [1.54, 1.807) is 36.7 Å². The first kappa shape index (κ1) is 19.7. The Bertz CT molecular complexity index is 1100. The van der Waals surface area contributed by atoms with Crippen molar-refractivity contribution in [1.29, 1.82) is 0 Å². The van der Waals surface area contributed by atoms with Crippen LogP contribution in [-0.4, -0.2) is 19.3 Å². The first-order valence-electron chi connectivity index (χ1n) is 8.72. The maximum atomic E-state index is 12.6. The lowest BCUT2D eigenvalue weighted by molar-refractivity contribution is 0.102. The Hall–Kier alpha value is -3.03. The molecule has 2 aromatic carbocycles. The molecule has 3 rings (SSSR count). The fraction of sp³-hybridized carbons (Fsp3) is 0.143. The van der Waals surface area contributed by atoms with Crippen molar-refractivity contribution in [3.8, 4) is 0 Å². The summed E-state index contributed by atoms with van der Waals surface area (Å²) in [6.45, 7) is 4.03. The first-order valence-corrected chi connectivity index (χ1v) is 10.2. The molecular formula is C21H21N3O3S.